The van der Waals surface area contributed by atoms with E-state index in [0.717, 1.165) is 0 Å². The van der Waals surface area contributed by atoms with Gasteiger partial charge in [0.1, 0.15) is 6.07 Å². The maximum absolute atomic E-state index is 11.9. The fourth-order valence-corrected chi connectivity index (χ4v) is 2.23. The monoisotopic (exact) mass is 287 g/mol. The molecule has 0 bridgehead atoms. The van der Waals surface area contributed by atoms with Gasteiger partial charge in [-0.2, -0.15) is 5.26 Å². The molecule has 108 valence electrons. The van der Waals surface area contributed by atoms with Crippen LogP contribution in [0.3, 0.4) is 0 Å². The van der Waals surface area contributed by atoms with Gasteiger partial charge in [-0.25, -0.2) is 4.79 Å². The number of amides is 2. The molecular formula is C14H13N3O4. The van der Waals surface area contributed by atoms with Gasteiger partial charge < -0.3 is 15.4 Å². The van der Waals surface area contributed by atoms with E-state index in [-0.39, 0.29) is 30.0 Å². The number of nitrogens with zero attached hydrogens (tertiary/aromatic N) is 2. The number of ether oxygens (including phenoxy) is 1. The van der Waals surface area contributed by atoms with Crippen LogP contribution in [-0.2, 0) is 14.3 Å². The van der Waals surface area contributed by atoms with E-state index in [4.69, 9.17) is 11.0 Å². The minimum Gasteiger partial charge on any atom is -0.465 e. The minimum atomic E-state index is -0.624. The molecule has 0 aliphatic carbocycles. The quantitative estimate of drug-likeness (QED) is 0.797. The highest BCUT2D eigenvalue weighted by atomic mass is 16.5. The van der Waals surface area contributed by atoms with Gasteiger partial charge in [0.15, 0.2) is 0 Å². The van der Waals surface area contributed by atoms with Crippen molar-refractivity contribution < 1.29 is 19.1 Å². The van der Waals surface area contributed by atoms with Crippen molar-refractivity contribution >= 4 is 23.5 Å². The molecule has 0 saturated carbocycles. The number of nitrogens with two attached hydrogens (primary N) is 1. The number of nitriles is 1. The Kier molecular flexibility index (Phi) is 3.89. The lowest BCUT2D eigenvalue weighted by atomic mass is 10.1. The van der Waals surface area contributed by atoms with E-state index in [1.165, 1.54) is 30.2 Å². The summed E-state index contributed by atoms with van der Waals surface area (Å²) in [5, 5.41) is 9.10. The van der Waals surface area contributed by atoms with E-state index in [0.29, 0.717) is 5.69 Å². The molecule has 21 heavy (non-hydrogen) atoms. The van der Waals surface area contributed by atoms with Crippen LogP contribution >= 0.6 is 0 Å². The van der Waals surface area contributed by atoms with Crippen LogP contribution in [0.5, 0.6) is 0 Å². The van der Waals surface area contributed by atoms with Crippen LogP contribution in [0.4, 0.5) is 5.69 Å². The second-order valence-corrected chi connectivity index (χ2v) is 4.64. The zero-order valence-corrected chi connectivity index (χ0v) is 11.3. The first-order valence-electron chi connectivity index (χ1n) is 6.20. The van der Waals surface area contributed by atoms with Gasteiger partial charge in [-0.3, -0.25) is 9.59 Å². The third-order valence-electron chi connectivity index (χ3n) is 3.37. The maximum Gasteiger partial charge on any atom is 0.339 e. The molecule has 2 rings (SSSR count). The third-order valence-corrected chi connectivity index (χ3v) is 3.37. The molecule has 1 fully saturated rings. The lowest BCUT2D eigenvalue weighted by molar-refractivity contribution is -0.123. The predicted octanol–water partition coefficient (Wildman–Crippen LogP) is 0.183. The van der Waals surface area contributed by atoms with E-state index < -0.39 is 17.8 Å². The molecule has 0 aromatic heterocycles. The predicted molar refractivity (Wildman–Crippen MR) is 72.2 cm³/mol. The van der Waals surface area contributed by atoms with Crippen molar-refractivity contribution in [1.29, 1.82) is 5.26 Å². The minimum absolute atomic E-state index is 0.0516. The number of methoxy groups -OCH3 is 1. The second-order valence-electron chi connectivity index (χ2n) is 4.64. The van der Waals surface area contributed by atoms with E-state index >= 15 is 0 Å². The lowest BCUT2D eigenvalue weighted by Gasteiger charge is -2.17. The number of hydrogen-bond donors (Lipinski definition) is 1. The van der Waals surface area contributed by atoms with Crippen molar-refractivity contribution in [1.82, 2.24) is 0 Å². The molecule has 1 aliphatic heterocycles. The summed E-state index contributed by atoms with van der Waals surface area (Å²) in [6, 6.07) is 6.27. The van der Waals surface area contributed by atoms with Crippen molar-refractivity contribution in [3.05, 3.63) is 29.3 Å². The normalized spacial score (nSPS) is 17.4. The van der Waals surface area contributed by atoms with Crippen LogP contribution in [0, 0.1) is 17.2 Å². The second kappa shape index (κ2) is 5.63. The van der Waals surface area contributed by atoms with Crippen LogP contribution in [0.1, 0.15) is 22.3 Å². The van der Waals surface area contributed by atoms with Crippen LogP contribution < -0.4 is 10.6 Å². The van der Waals surface area contributed by atoms with E-state index in [9.17, 15) is 14.4 Å². The standard InChI is InChI=1S/C14H13N3O4/c1-21-14(20)11-3-2-10(4-8(11)6-15)17-7-9(13(16)19)5-12(17)18/h2-4,9H,5,7H2,1H3,(H2,16,19). The smallest absolute Gasteiger partial charge is 0.339 e. The number of rotatable bonds is 3. The average Bonchev–Trinajstić information content (AvgIpc) is 2.88. The number of primary amides is 1. The van der Waals surface area contributed by atoms with Crippen LogP contribution in [-0.4, -0.2) is 31.4 Å². The van der Waals surface area contributed by atoms with Gasteiger partial charge >= 0.3 is 5.97 Å². The Morgan fingerprint density at radius 3 is 2.71 bits per heavy atom. The number of carbonyl (C=O) groups excluding carboxylic acids is 3. The molecule has 1 heterocycles. The van der Waals surface area contributed by atoms with Crippen molar-refractivity contribution in [3.63, 3.8) is 0 Å². The molecule has 1 saturated heterocycles. The first kappa shape index (κ1) is 14.5. The largest absolute Gasteiger partial charge is 0.465 e. The van der Waals surface area contributed by atoms with Gasteiger partial charge in [0.05, 0.1) is 24.2 Å². The summed E-state index contributed by atoms with van der Waals surface area (Å²) in [6.45, 7) is 0.177. The first-order chi connectivity index (χ1) is 9.97. The van der Waals surface area contributed by atoms with Crippen LogP contribution in [0.25, 0.3) is 0 Å². The summed E-state index contributed by atoms with van der Waals surface area (Å²) in [5.74, 6) is -1.93. The van der Waals surface area contributed by atoms with E-state index in [1.807, 2.05) is 6.07 Å². The Morgan fingerprint density at radius 2 is 2.19 bits per heavy atom. The molecule has 0 spiro atoms. The molecule has 1 aromatic rings. The highest BCUT2D eigenvalue weighted by Gasteiger charge is 2.34. The molecule has 7 heteroatoms. The Balaban J connectivity index is 2.34. The molecule has 7 nitrogen and oxygen atoms in total. The highest BCUT2D eigenvalue weighted by molar-refractivity contribution is 6.01. The number of carbonyl (C=O) groups is 3. The number of benzene rings is 1. The fraction of sp³-hybridized carbons (Fsp3) is 0.286. The van der Waals surface area contributed by atoms with E-state index in [2.05, 4.69) is 4.74 Å². The lowest BCUT2D eigenvalue weighted by Crippen LogP contribution is -2.28. The summed E-state index contributed by atoms with van der Waals surface area (Å²) < 4.78 is 4.58. The molecule has 2 N–H and O–H groups in total. The summed E-state index contributed by atoms with van der Waals surface area (Å²) in [7, 11) is 1.22. The Morgan fingerprint density at radius 1 is 1.48 bits per heavy atom. The molecule has 2 amide bonds. The van der Waals surface area contributed by atoms with Crippen LogP contribution in [0.2, 0.25) is 0 Å². The molecule has 1 atom stereocenters. The van der Waals surface area contributed by atoms with Gasteiger partial charge in [-0.05, 0) is 18.2 Å². The summed E-state index contributed by atoms with van der Waals surface area (Å²) >= 11 is 0. The van der Waals surface area contributed by atoms with Crippen molar-refractivity contribution in [2.75, 3.05) is 18.6 Å². The zero-order valence-electron chi connectivity index (χ0n) is 11.3. The molecule has 1 unspecified atom stereocenters. The number of anilines is 1. The van der Waals surface area contributed by atoms with Crippen molar-refractivity contribution in [2.24, 2.45) is 11.7 Å². The molecule has 1 aliphatic rings. The fourth-order valence-electron chi connectivity index (χ4n) is 2.23. The van der Waals surface area contributed by atoms with E-state index in [1.54, 1.807) is 0 Å². The molecule has 0 radical (unpaired) electrons. The first-order valence-corrected chi connectivity index (χ1v) is 6.20. The summed E-state index contributed by atoms with van der Waals surface area (Å²) in [4.78, 5) is 36.0. The van der Waals surface area contributed by atoms with Crippen molar-refractivity contribution in [3.8, 4) is 6.07 Å². The Hall–Kier alpha value is -2.88. The number of esters is 1. The highest BCUT2D eigenvalue weighted by Crippen LogP contribution is 2.27. The Labute approximate surface area is 120 Å². The van der Waals surface area contributed by atoms with Crippen molar-refractivity contribution in [2.45, 2.75) is 6.42 Å². The van der Waals surface area contributed by atoms with Gasteiger partial charge in [0.2, 0.25) is 11.8 Å². The Bertz CT molecular complexity index is 663. The van der Waals surface area contributed by atoms with Gasteiger partial charge in [-0.15, -0.1) is 0 Å². The summed E-state index contributed by atoms with van der Waals surface area (Å²) in [6.07, 6.45) is 0.0516. The van der Waals surface area contributed by atoms with Gasteiger partial charge in [0, 0.05) is 18.7 Å². The zero-order chi connectivity index (χ0) is 15.6. The summed E-state index contributed by atoms with van der Waals surface area (Å²) in [5.41, 5.74) is 5.89. The van der Waals surface area contributed by atoms with Crippen LogP contribution in [0.15, 0.2) is 18.2 Å². The number of hydrogen-bond acceptors (Lipinski definition) is 5. The molecule has 1 aromatic carbocycles. The van der Waals surface area contributed by atoms with Gasteiger partial charge in [-0.1, -0.05) is 0 Å². The maximum atomic E-state index is 11.9. The third kappa shape index (κ3) is 2.69. The SMILES string of the molecule is COC(=O)c1ccc(N2CC(C(N)=O)CC2=O)cc1C#N. The molecular weight excluding hydrogens is 274 g/mol. The average molecular weight is 287 g/mol. The topological polar surface area (TPSA) is 113 Å². The van der Waals surface area contributed by atoms with Gasteiger partial charge in [0.25, 0.3) is 0 Å².